The summed E-state index contributed by atoms with van der Waals surface area (Å²) in [6.45, 7) is 5.34. The fraction of sp³-hybridized carbons (Fsp3) is 0.240. The van der Waals surface area contributed by atoms with Gasteiger partial charge in [-0.15, -0.1) is 0 Å². The zero-order valence-electron chi connectivity index (χ0n) is 17.4. The highest BCUT2D eigenvalue weighted by atomic mass is 35.5. The second-order valence-electron chi connectivity index (χ2n) is 7.74. The Morgan fingerprint density at radius 2 is 1.61 bits per heavy atom. The molecular formula is C25H27ClN3O2+. The Hall–Kier alpha value is -3.02. The van der Waals surface area contributed by atoms with Crippen LogP contribution in [0.5, 0.6) is 5.75 Å². The molecule has 3 aromatic carbocycles. The molecular weight excluding hydrogens is 410 g/mol. The Morgan fingerprint density at radius 3 is 2.29 bits per heavy atom. The number of nitrogens with one attached hydrogen (secondary N) is 2. The van der Waals surface area contributed by atoms with Gasteiger partial charge in [-0.2, -0.15) is 0 Å². The molecule has 0 atom stereocenters. The van der Waals surface area contributed by atoms with Crippen molar-refractivity contribution in [2.24, 2.45) is 0 Å². The van der Waals surface area contributed by atoms with Crippen molar-refractivity contribution in [1.29, 1.82) is 0 Å². The highest BCUT2D eigenvalue weighted by molar-refractivity contribution is 6.30. The van der Waals surface area contributed by atoms with E-state index in [4.69, 9.17) is 16.3 Å². The van der Waals surface area contributed by atoms with Gasteiger partial charge >= 0.3 is 0 Å². The fourth-order valence-electron chi connectivity index (χ4n) is 3.77. The Balaban J connectivity index is 1.23. The molecule has 2 N–H and O–H groups in total. The predicted octanol–water partition coefficient (Wildman–Crippen LogP) is 3.26. The third-order valence-electron chi connectivity index (χ3n) is 5.47. The van der Waals surface area contributed by atoms with Crippen molar-refractivity contribution in [2.45, 2.75) is 6.54 Å². The number of amides is 1. The van der Waals surface area contributed by atoms with E-state index >= 15 is 0 Å². The van der Waals surface area contributed by atoms with Crippen molar-refractivity contribution in [3.05, 3.63) is 89.4 Å². The zero-order valence-corrected chi connectivity index (χ0v) is 18.1. The van der Waals surface area contributed by atoms with Gasteiger partial charge in [-0.3, -0.25) is 4.79 Å². The SMILES string of the molecule is O=C(COc1ccc(Cl)cc1)Nc1ccc(N2CC[NH+](Cc3ccccc3)CC2)cc1. The number of hydrogen-bond donors (Lipinski definition) is 2. The molecule has 1 saturated heterocycles. The molecule has 0 bridgehead atoms. The summed E-state index contributed by atoms with van der Waals surface area (Å²) in [5.41, 5.74) is 3.35. The number of anilines is 2. The number of nitrogens with zero attached hydrogens (tertiary/aromatic N) is 1. The maximum Gasteiger partial charge on any atom is 0.262 e. The maximum atomic E-state index is 12.2. The molecule has 0 radical (unpaired) electrons. The van der Waals surface area contributed by atoms with Crippen molar-refractivity contribution in [1.82, 2.24) is 0 Å². The van der Waals surface area contributed by atoms with Crippen LogP contribution in [0.25, 0.3) is 0 Å². The van der Waals surface area contributed by atoms with Crippen molar-refractivity contribution in [3.8, 4) is 5.75 Å². The van der Waals surface area contributed by atoms with Crippen LogP contribution in [0.1, 0.15) is 5.56 Å². The Morgan fingerprint density at radius 1 is 0.935 bits per heavy atom. The number of carbonyl (C=O) groups excluding carboxylic acids is 1. The quantitative estimate of drug-likeness (QED) is 0.597. The molecule has 0 spiro atoms. The molecule has 160 valence electrons. The summed E-state index contributed by atoms with van der Waals surface area (Å²) < 4.78 is 5.49. The predicted molar refractivity (Wildman–Crippen MR) is 125 cm³/mol. The lowest BCUT2D eigenvalue weighted by molar-refractivity contribution is -0.914. The number of hydrogen-bond acceptors (Lipinski definition) is 3. The first-order valence-corrected chi connectivity index (χ1v) is 10.9. The van der Waals surface area contributed by atoms with Gasteiger partial charge < -0.3 is 19.9 Å². The monoisotopic (exact) mass is 436 g/mol. The third kappa shape index (κ3) is 6.23. The van der Waals surface area contributed by atoms with Gasteiger partial charge in [0.2, 0.25) is 0 Å². The van der Waals surface area contributed by atoms with Gasteiger partial charge in [0.25, 0.3) is 5.91 Å². The minimum Gasteiger partial charge on any atom is -0.484 e. The van der Waals surface area contributed by atoms with Gasteiger partial charge in [0.05, 0.1) is 26.2 Å². The van der Waals surface area contributed by atoms with Crippen LogP contribution in [0.4, 0.5) is 11.4 Å². The minimum absolute atomic E-state index is 0.0461. The molecule has 1 heterocycles. The Labute approximate surface area is 188 Å². The number of piperazine rings is 1. The third-order valence-corrected chi connectivity index (χ3v) is 5.72. The molecule has 5 nitrogen and oxygen atoms in total. The molecule has 1 amide bonds. The van der Waals surface area contributed by atoms with Gasteiger partial charge in [0.1, 0.15) is 12.3 Å². The first-order valence-electron chi connectivity index (χ1n) is 10.6. The highest BCUT2D eigenvalue weighted by Gasteiger charge is 2.20. The number of ether oxygens (including phenoxy) is 1. The molecule has 1 fully saturated rings. The standard InChI is InChI=1S/C25H26ClN3O2/c26-21-6-12-24(13-7-21)31-19-25(30)27-22-8-10-23(11-9-22)29-16-14-28(15-17-29)18-20-4-2-1-3-5-20/h1-13H,14-19H2,(H,27,30)/p+1. The Bertz CT molecular complexity index is 970. The minimum atomic E-state index is -0.194. The van der Waals surface area contributed by atoms with E-state index in [1.54, 1.807) is 29.2 Å². The molecule has 4 rings (SSSR count). The van der Waals surface area contributed by atoms with Crippen LogP contribution in [0, 0.1) is 0 Å². The van der Waals surface area contributed by atoms with Gasteiger partial charge in [-0.05, 0) is 48.5 Å². The summed E-state index contributed by atoms with van der Waals surface area (Å²) in [5.74, 6) is 0.421. The molecule has 1 aliphatic rings. The molecule has 3 aromatic rings. The molecule has 0 aliphatic carbocycles. The molecule has 31 heavy (non-hydrogen) atoms. The van der Waals surface area contributed by atoms with Gasteiger partial charge in [0.15, 0.2) is 6.61 Å². The van der Waals surface area contributed by atoms with Crippen LogP contribution >= 0.6 is 11.6 Å². The van der Waals surface area contributed by atoms with Crippen LogP contribution in [0.3, 0.4) is 0 Å². The summed E-state index contributed by atoms with van der Waals surface area (Å²) in [6.07, 6.45) is 0. The second-order valence-corrected chi connectivity index (χ2v) is 8.17. The molecule has 0 unspecified atom stereocenters. The van der Waals surface area contributed by atoms with Gasteiger partial charge in [-0.1, -0.05) is 41.9 Å². The van der Waals surface area contributed by atoms with Crippen molar-refractivity contribution in [3.63, 3.8) is 0 Å². The van der Waals surface area contributed by atoms with E-state index in [1.807, 2.05) is 12.1 Å². The lowest BCUT2D eigenvalue weighted by Gasteiger charge is -2.33. The number of quaternary nitrogens is 1. The van der Waals surface area contributed by atoms with Crippen molar-refractivity contribution in [2.75, 3.05) is 43.0 Å². The molecule has 6 heteroatoms. The maximum absolute atomic E-state index is 12.2. The summed E-state index contributed by atoms with van der Waals surface area (Å²) >= 11 is 5.85. The van der Waals surface area contributed by atoms with E-state index < -0.39 is 0 Å². The number of carbonyl (C=O) groups is 1. The van der Waals surface area contributed by atoms with Gasteiger partial charge in [0, 0.05) is 22.0 Å². The van der Waals surface area contributed by atoms with E-state index in [0.717, 1.165) is 38.4 Å². The molecule has 0 aromatic heterocycles. The lowest BCUT2D eigenvalue weighted by Crippen LogP contribution is -3.13. The highest BCUT2D eigenvalue weighted by Crippen LogP contribution is 2.19. The van der Waals surface area contributed by atoms with Crippen LogP contribution < -0.4 is 19.9 Å². The average Bonchev–Trinajstić information content (AvgIpc) is 2.80. The average molecular weight is 437 g/mol. The smallest absolute Gasteiger partial charge is 0.262 e. The van der Waals surface area contributed by atoms with Crippen LogP contribution in [-0.4, -0.2) is 38.7 Å². The topological polar surface area (TPSA) is 46.0 Å². The number of benzene rings is 3. The fourth-order valence-corrected chi connectivity index (χ4v) is 3.90. The van der Waals surface area contributed by atoms with E-state index in [1.165, 1.54) is 11.3 Å². The number of rotatable bonds is 7. The first kappa shape index (κ1) is 21.2. The normalized spacial score (nSPS) is 14.3. The first-order chi connectivity index (χ1) is 15.2. The van der Waals surface area contributed by atoms with Crippen LogP contribution in [0.2, 0.25) is 5.02 Å². The molecule has 1 aliphatic heterocycles. The summed E-state index contributed by atoms with van der Waals surface area (Å²) in [6, 6.07) is 25.7. The van der Waals surface area contributed by atoms with Crippen LogP contribution in [0.15, 0.2) is 78.9 Å². The summed E-state index contributed by atoms with van der Waals surface area (Å²) in [4.78, 5) is 16.2. The number of halogens is 1. The zero-order chi connectivity index (χ0) is 21.5. The van der Waals surface area contributed by atoms with E-state index in [2.05, 4.69) is 52.7 Å². The van der Waals surface area contributed by atoms with E-state index in [-0.39, 0.29) is 12.5 Å². The second kappa shape index (κ2) is 10.3. The molecule has 0 saturated carbocycles. The van der Waals surface area contributed by atoms with E-state index in [0.29, 0.717) is 10.8 Å². The summed E-state index contributed by atoms with van der Waals surface area (Å²) in [5, 5.41) is 3.51. The van der Waals surface area contributed by atoms with Crippen LogP contribution in [-0.2, 0) is 11.3 Å². The van der Waals surface area contributed by atoms with E-state index in [9.17, 15) is 4.79 Å². The largest absolute Gasteiger partial charge is 0.484 e. The van der Waals surface area contributed by atoms with Crippen molar-refractivity contribution >= 4 is 28.9 Å². The lowest BCUT2D eigenvalue weighted by atomic mass is 10.2. The Kier molecular flexibility index (Phi) is 7.07. The van der Waals surface area contributed by atoms with Crippen molar-refractivity contribution < 1.29 is 14.4 Å². The van der Waals surface area contributed by atoms with Gasteiger partial charge in [-0.25, -0.2) is 0 Å². The summed E-state index contributed by atoms with van der Waals surface area (Å²) in [7, 11) is 0.